The molecule has 3 heteroatoms. The maximum atomic E-state index is 8.36. The van der Waals surface area contributed by atoms with Gasteiger partial charge in [-0.05, 0) is 0 Å². The summed E-state index contributed by atoms with van der Waals surface area (Å²) in [7, 11) is 0. The third-order valence-corrected chi connectivity index (χ3v) is 0.934. The zero-order valence-corrected chi connectivity index (χ0v) is 4.78. The monoisotopic (exact) mass is 119 g/mol. The Balaban J connectivity index is 2.77. The highest BCUT2D eigenvalue weighted by Gasteiger charge is 1.91. The Hall–Kier alpha value is -1.43. The van der Waals surface area contributed by atoms with Crippen molar-refractivity contribution in [3.63, 3.8) is 0 Å². The number of allylic oxidation sites excluding steroid dienone is 2. The minimum atomic E-state index is 0.642. The maximum Gasteiger partial charge on any atom is 0.0967 e. The molecule has 0 radical (unpaired) electrons. The lowest BCUT2D eigenvalue weighted by Gasteiger charge is -1.81. The Bertz CT molecular complexity index is 217. The molecule has 1 heterocycles. The van der Waals surface area contributed by atoms with Crippen molar-refractivity contribution in [3.8, 4) is 6.07 Å². The lowest BCUT2D eigenvalue weighted by molar-refractivity contribution is 1.22. The highest BCUT2D eigenvalue weighted by molar-refractivity contribution is 5.23. The smallest absolute Gasteiger partial charge is 0.0967 e. The van der Waals surface area contributed by atoms with Gasteiger partial charge in [0.2, 0.25) is 0 Å². The predicted octanol–water partition coefficient (Wildman–Crippen LogP) is 1.76. The predicted molar refractivity (Wildman–Crippen MR) is 32.3 cm³/mol. The highest BCUT2D eigenvalue weighted by Crippen LogP contribution is 2.04. The molecule has 0 fully saturated rings. The van der Waals surface area contributed by atoms with Crippen molar-refractivity contribution >= 4 is 0 Å². The van der Waals surface area contributed by atoms with Gasteiger partial charge in [0.05, 0.1) is 17.8 Å². The molecular formula is C6H5N3. The van der Waals surface area contributed by atoms with Crippen LogP contribution in [0.5, 0.6) is 0 Å². The second-order valence-electron chi connectivity index (χ2n) is 1.59. The standard InChI is InChI=1S/C6H5N3/c7-4-6-2-1-3-8-9-5-6/h1,3,5H,2H2. The summed E-state index contributed by atoms with van der Waals surface area (Å²) in [6.45, 7) is 0. The van der Waals surface area contributed by atoms with E-state index in [1.54, 1.807) is 12.3 Å². The average molecular weight is 119 g/mol. The Morgan fingerprint density at radius 2 is 2.44 bits per heavy atom. The van der Waals surface area contributed by atoms with E-state index in [1.165, 1.54) is 6.20 Å². The van der Waals surface area contributed by atoms with Crippen LogP contribution in [0.2, 0.25) is 0 Å². The third-order valence-electron chi connectivity index (χ3n) is 0.934. The van der Waals surface area contributed by atoms with Gasteiger partial charge in [-0.15, -0.1) is 0 Å². The summed E-state index contributed by atoms with van der Waals surface area (Å²) in [6, 6.07) is 2.00. The van der Waals surface area contributed by atoms with Crippen molar-refractivity contribution < 1.29 is 0 Å². The Morgan fingerprint density at radius 1 is 1.56 bits per heavy atom. The summed E-state index contributed by atoms with van der Waals surface area (Å²) in [5.74, 6) is 0. The van der Waals surface area contributed by atoms with E-state index in [-0.39, 0.29) is 0 Å². The van der Waals surface area contributed by atoms with Gasteiger partial charge in [0.15, 0.2) is 0 Å². The van der Waals surface area contributed by atoms with Crippen LogP contribution in [0, 0.1) is 11.3 Å². The van der Waals surface area contributed by atoms with Crippen LogP contribution in [0.4, 0.5) is 0 Å². The molecule has 0 atom stereocenters. The summed E-state index contributed by atoms with van der Waals surface area (Å²) >= 11 is 0. The summed E-state index contributed by atoms with van der Waals surface area (Å²) in [5, 5.41) is 15.5. The SMILES string of the molecule is N#CC1=CN=NC=CC1. The van der Waals surface area contributed by atoms with Gasteiger partial charge < -0.3 is 0 Å². The van der Waals surface area contributed by atoms with Crippen LogP contribution in [0.15, 0.2) is 34.3 Å². The second kappa shape index (κ2) is 2.78. The van der Waals surface area contributed by atoms with E-state index in [9.17, 15) is 0 Å². The van der Waals surface area contributed by atoms with Gasteiger partial charge in [-0.3, -0.25) is 0 Å². The van der Waals surface area contributed by atoms with Crippen LogP contribution in [0.25, 0.3) is 0 Å². The first kappa shape index (κ1) is 5.70. The number of hydrogen-bond donors (Lipinski definition) is 0. The first-order valence-electron chi connectivity index (χ1n) is 2.57. The molecular weight excluding hydrogens is 114 g/mol. The molecule has 0 bridgehead atoms. The number of hydrogen-bond acceptors (Lipinski definition) is 3. The third kappa shape index (κ3) is 1.50. The van der Waals surface area contributed by atoms with E-state index in [0.29, 0.717) is 12.0 Å². The van der Waals surface area contributed by atoms with Crippen molar-refractivity contribution in [2.24, 2.45) is 10.2 Å². The summed E-state index contributed by atoms with van der Waals surface area (Å²) in [4.78, 5) is 0. The number of nitrogens with zero attached hydrogens (tertiary/aromatic N) is 3. The van der Waals surface area contributed by atoms with Crippen molar-refractivity contribution in [1.29, 1.82) is 5.26 Å². The molecule has 1 aliphatic heterocycles. The molecule has 0 saturated carbocycles. The van der Waals surface area contributed by atoms with Crippen LogP contribution in [0.1, 0.15) is 6.42 Å². The van der Waals surface area contributed by atoms with Gasteiger partial charge in [-0.1, -0.05) is 6.08 Å². The summed E-state index contributed by atoms with van der Waals surface area (Å²) in [6.07, 6.45) is 5.50. The van der Waals surface area contributed by atoms with Gasteiger partial charge in [0, 0.05) is 12.6 Å². The molecule has 0 amide bonds. The lowest BCUT2D eigenvalue weighted by atomic mass is 10.2. The summed E-state index contributed by atoms with van der Waals surface area (Å²) < 4.78 is 0. The minimum absolute atomic E-state index is 0.642. The molecule has 1 rings (SSSR count). The van der Waals surface area contributed by atoms with Crippen LogP contribution < -0.4 is 0 Å². The van der Waals surface area contributed by atoms with E-state index in [4.69, 9.17) is 5.26 Å². The number of azo groups is 1. The van der Waals surface area contributed by atoms with Crippen LogP contribution in [0.3, 0.4) is 0 Å². The van der Waals surface area contributed by atoms with Crippen molar-refractivity contribution in [2.75, 3.05) is 0 Å². The molecule has 1 aliphatic rings. The average Bonchev–Trinajstić information content (AvgIpc) is 2.13. The van der Waals surface area contributed by atoms with E-state index in [1.807, 2.05) is 6.07 Å². The van der Waals surface area contributed by atoms with Crippen LogP contribution in [-0.2, 0) is 0 Å². The van der Waals surface area contributed by atoms with E-state index in [0.717, 1.165) is 0 Å². The highest BCUT2D eigenvalue weighted by atomic mass is 15.1. The molecule has 0 N–H and O–H groups in total. The van der Waals surface area contributed by atoms with E-state index in [2.05, 4.69) is 10.2 Å². The molecule has 0 aliphatic carbocycles. The molecule has 0 unspecified atom stereocenters. The molecule has 0 spiro atoms. The fraction of sp³-hybridized carbons (Fsp3) is 0.167. The fourth-order valence-electron chi connectivity index (χ4n) is 0.496. The minimum Gasteiger partial charge on any atom is -0.193 e. The van der Waals surface area contributed by atoms with Crippen LogP contribution >= 0.6 is 0 Å². The number of rotatable bonds is 0. The quantitative estimate of drug-likeness (QED) is 0.479. The Kier molecular flexibility index (Phi) is 1.76. The fourth-order valence-corrected chi connectivity index (χ4v) is 0.496. The van der Waals surface area contributed by atoms with Gasteiger partial charge >= 0.3 is 0 Å². The molecule has 3 nitrogen and oxygen atoms in total. The van der Waals surface area contributed by atoms with Crippen molar-refractivity contribution in [1.82, 2.24) is 0 Å². The zero-order chi connectivity index (χ0) is 6.53. The lowest BCUT2D eigenvalue weighted by Crippen LogP contribution is -1.70. The molecule has 0 saturated heterocycles. The Labute approximate surface area is 53.0 Å². The molecule has 0 aromatic carbocycles. The first-order valence-corrected chi connectivity index (χ1v) is 2.57. The van der Waals surface area contributed by atoms with Crippen molar-refractivity contribution in [3.05, 3.63) is 24.0 Å². The molecule has 9 heavy (non-hydrogen) atoms. The van der Waals surface area contributed by atoms with Crippen molar-refractivity contribution in [2.45, 2.75) is 6.42 Å². The zero-order valence-electron chi connectivity index (χ0n) is 4.78. The van der Waals surface area contributed by atoms with Crippen LogP contribution in [-0.4, -0.2) is 0 Å². The van der Waals surface area contributed by atoms with Gasteiger partial charge in [-0.25, -0.2) is 0 Å². The molecule has 0 aromatic heterocycles. The molecule has 44 valence electrons. The van der Waals surface area contributed by atoms with Gasteiger partial charge in [-0.2, -0.15) is 15.5 Å². The van der Waals surface area contributed by atoms with E-state index >= 15 is 0 Å². The largest absolute Gasteiger partial charge is 0.193 e. The second-order valence-corrected chi connectivity index (χ2v) is 1.59. The number of nitriles is 1. The Morgan fingerprint density at radius 3 is 3.22 bits per heavy atom. The summed E-state index contributed by atoms with van der Waals surface area (Å²) in [5.41, 5.74) is 0.646. The van der Waals surface area contributed by atoms with E-state index < -0.39 is 0 Å². The normalized spacial score (nSPS) is 16.1. The maximum absolute atomic E-state index is 8.36. The first-order chi connectivity index (χ1) is 4.43. The molecule has 0 aromatic rings. The topological polar surface area (TPSA) is 48.5 Å². The van der Waals surface area contributed by atoms with Gasteiger partial charge in [0.25, 0.3) is 0 Å². The van der Waals surface area contributed by atoms with Gasteiger partial charge in [0.1, 0.15) is 0 Å².